The van der Waals surface area contributed by atoms with Crippen LogP contribution < -0.4 is 0 Å². The van der Waals surface area contributed by atoms with Crippen LogP contribution in [-0.2, 0) is 52.2 Å². The Morgan fingerprint density at radius 1 is 0.725 bits per heavy atom. The van der Waals surface area contributed by atoms with Crippen LogP contribution in [0.15, 0.2) is 24.3 Å². The summed E-state index contributed by atoms with van der Waals surface area (Å²) in [4.78, 5) is 24.9. The maximum Gasteiger partial charge on any atom is 0.332 e. The van der Waals surface area contributed by atoms with Gasteiger partial charge in [0.05, 0.1) is 61.4 Å². The number of esters is 1. The number of hydrogen-bond donors (Lipinski definition) is 6. The molecule has 7 saturated heterocycles. The first-order chi connectivity index (χ1) is 32.9. The minimum Gasteiger partial charge on any atom is -0.479 e. The summed E-state index contributed by atoms with van der Waals surface area (Å²) in [5, 5.41) is 64.9. The summed E-state index contributed by atoms with van der Waals surface area (Å²) < 4.78 is 59.1. The summed E-state index contributed by atoms with van der Waals surface area (Å²) in [6.07, 6.45) is 7.71. The van der Waals surface area contributed by atoms with E-state index in [1.54, 1.807) is 26.4 Å². The Labute approximate surface area is 408 Å². The van der Waals surface area contributed by atoms with Gasteiger partial charge in [0.25, 0.3) is 0 Å². The van der Waals surface area contributed by atoms with E-state index in [1.807, 2.05) is 19.1 Å². The molecular formula is C52H84O17. The molecule has 0 aromatic carbocycles. The van der Waals surface area contributed by atoms with Crippen molar-refractivity contribution in [3.8, 4) is 0 Å². The molecule has 0 aromatic heterocycles. The van der Waals surface area contributed by atoms with Gasteiger partial charge in [0.2, 0.25) is 0 Å². The van der Waals surface area contributed by atoms with E-state index in [0.29, 0.717) is 89.9 Å². The molecule has 0 aliphatic carbocycles. The van der Waals surface area contributed by atoms with Gasteiger partial charge in [0.1, 0.15) is 24.4 Å². The molecule has 7 heterocycles. The fraction of sp³-hybridized carbons (Fsp3) is 0.885. The normalized spacial score (nSPS) is 45.9. The topological polar surface area (TPSA) is 239 Å². The molecule has 0 aromatic rings. The van der Waals surface area contributed by atoms with Gasteiger partial charge >= 0.3 is 11.9 Å². The zero-order valence-electron chi connectivity index (χ0n) is 41.6. The first kappa shape index (κ1) is 54.7. The van der Waals surface area contributed by atoms with Gasteiger partial charge in [-0.3, -0.25) is 4.79 Å². The third-order valence-corrected chi connectivity index (χ3v) is 16.4. The van der Waals surface area contributed by atoms with Crippen molar-refractivity contribution in [2.45, 2.75) is 258 Å². The molecule has 69 heavy (non-hydrogen) atoms. The van der Waals surface area contributed by atoms with Crippen LogP contribution in [0.25, 0.3) is 0 Å². The molecule has 6 N–H and O–H groups in total. The smallest absolute Gasteiger partial charge is 0.332 e. The zero-order chi connectivity index (χ0) is 49.5. The van der Waals surface area contributed by atoms with Gasteiger partial charge in [-0.2, -0.15) is 0 Å². The van der Waals surface area contributed by atoms with E-state index in [9.17, 15) is 35.1 Å². The molecule has 17 heteroatoms. The van der Waals surface area contributed by atoms with Crippen LogP contribution in [0, 0.1) is 17.8 Å². The minimum atomic E-state index is -1.46. The van der Waals surface area contributed by atoms with Gasteiger partial charge in [-0.1, -0.05) is 45.1 Å². The van der Waals surface area contributed by atoms with Crippen molar-refractivity contribution in [3.63, 3.8) is 0 Å². The standard InChI is InChI=1S/C52H84O17/c1-31-18-21-50-23-20-42(62-5)48(68-50)47(58)46(57)32(2)16-17-38-27-39(61-4)29-51(65-38)22-19-33(3)52(69-51)30-44(41(67-52)15-10-8-6-7-9-14-40(55)49(59)60)64-45(56)28-37-13-11-12-36(63-37)25-34(53)24-35(54)26-43(31)66-50/h7-10,31-44,46-48,53-55,57-58H,6,11-30H2,1-5H3,(H,59,60)/t31-,32-,33-,34-,35-,36-,37+,38+,39-,40+,41-,42-,43+,44-,46-,47-,48-,50-,51+,52+/m0/s1. The SMILES string of the molecule is CO[C@H]1C[C@H]2CC[C@H](C)[C@H](O)[C@H](O)[C@H]3O[C@]4(CC[C@@H]3OC)CC[C@H](C)[C@@H](C[C@@H](O)C[C@H](O)C[C@@H]3CCC[C@H](CC(=O)O[C@H]5C[C@@]6(O[C@H]5CC=CCC=CC[C@@H](O)C(=O)O)O[C@](CC[C@@H]6C)(C1)O2)O3)O4. The molecule has 17 nitrogen and oxygen atoms in total. The lowest BCUT2D eigenvalue weighted by Crippen LogP contribution is -2.59. The van der Waals surface area contributed by atoms with E-state index in [0.717, 1.165) is 19.3 Å². The Balaban J connectivity index is 1.12. The quantitative estimate of drug-likeness (QED) is 0.123. The maximum atomic E-state index is 13.9. The highest BCUT2D eigenvalue weighted by molar-refractivity contribution is 5.72. The third kappa shape index (κ3) is 13.9. The molecule has 0 amide bonds. The number of carboxylic acids is 1. The van der Waals surface area contributed by atoms with Gasteiger partial charge in [-0.25, -0.2) is 4.79 Å². The van der Waals surface area contributed by atoms with Gasteiger partial charge in [-0.05, 0) is 95.3 Å². The summed E-state index contributed by atoms with van der Waals surface area (Å²) >= 11 is 0. The van der Waals surface area contributed by atoms with Crippen molar-refractivity contribution in [3.05, 3.63) is 24.3 Å². The van der Waals surface area contributed by atoms with Gasteiger partial charge in [0, 0.05) is 65.1 Å². The summed E-state index contributed by atoms with van der Waals surface area (Å²) in [6.45, 7) is 6.09. The Morgan fingerprint density at radius 3 is 2.23 bits per heavy atom. The Morgan fingerprint density at radius 2 is 1.46 bits per heavy atom. The van der Waals surface area contributed by atoms with Crippen LogP contribution in [0.5, 0.6) is 0 Å². The fourth-order valence-electron chi connectivity index (χ4n) is 12.2. The van der Waals surface area contributed by atoms with Crippen LogP contribution in [0.2, 0.25) is 0 Å². The number of carbonyl (C=O) groups excluding carboxylic acids is 1. The number of fused-ring (bicyclic) bond motifs is 6. The Kier molecular flexibility index (Phi) is 19.2. The number of carbonyl (C=O) groups is 2. The molecule has 3 spiro atoms. The Bertz CT molecular complexity index is 1710. The summed E-state index contributed by atoms with van der Waals surface area (Å²) in [6, 6.07) is 0. The highest BCUT2D eigenvalue weighted by Gasteiger charge is 2.60. The van der Waals surface area contributed by atoms with Crippen molar-refractivity contribution in [1.29, 1.82) is 0 Å². The first-order valence-electron chi connectivity index (χ1n) is 26.2. The lowest BCUT2D eigenvalue weighted by atomic mass is 9.81. The van der Waals surface area contributed by atoms with E-state index >= 15 is 0 Å². The highest BCUT2D eigenvalue weighted by atomic mass is 16.8. The second-order valence-electron chi connectivity index (χ2n) is 21.7. The number of hydrogen-bond acceptors (Lipinski definition) is 16. The van der Waals surface area contributed by atoms with Gasteiger partial charge in [0.15, 0.2) is 23.5 Å². The zero-order valence-corrected chi connectivity index (χ0v) is 41.6. The summed E-state index contributed by atoms with van der Waals surface area (Å²) in [5.74, 6) is -5.22. The second kappa shape index (κ2) is 24.3. The molecule has 394 valence electrons. The van der Waals surface area contributed by atoms with Crippen LogP contribution in [0.1, 0.15) is 156 Å². The van der Waals surface area contributed by atoms with Gasteiger partial charge in [-0.15, -0.1) is 0 Å². The number of allylic oxidation sites excluding steroid dienone is 2. The molecule has 7 aliphatic heterocycles. The average Bonchev–Trinajstić information content (AvgIpc) is 3.65. The number of aliphatic hydroxyl groups excluding tert-OH is 5. The van der Waals surface area contributed by atoms with Crippen LogP contribution in [0.4, 0.5) is 0 Å². The van der Waals surface area contributed by atoms with Crippen LogP contribution >= 0.6 is 0 Å². The molecular weight excluding hydrogens is 897 g/mol. The molecule has 20 atom stereocenters. The van der Waals surface area contributed by atoms with E-state index in [1.165, 1.54) is 0 Å². The molecule has 9 bridgehead atoms. The largest absolute Gasteiger partial charge is 0.479 e. The summed E-state index contributed by atoms with van der Waals surface area (Å²) in [5.41, 5.74) is 0. The number of rotatable bonds is 9. The summed E-state index contributed by atoms with van der Waals surface area (Å²) in [7, 11) is 3.28. The number of ether oxygens (including phenoxy) is 9. The van der Waals surface area contributed by atoms with E-state index in [-0.39, 0.29) is 67.9 Å². The predicted molar refractivity (Wildman–Crippen MR) is 249 cm³/mol. The first-order valence-corrected chi connectivity index (χ1v) is 26.2. The molecule has 0 radical (unpaired) electrons. The second-order valence-corrected chi connectivity index (χ2v) is 21.7. The molecule has 7 aliphatic rings. The van der Waals surface area contributed by atoms with E-state index < -0.39 is 90.3 Å². The van der Waals surface area contributed by atoms with Crippen molar-refractivity contribution in [1.82, 2.24) is 0 Å². The van der Waals surface area contributed by atoms with Crippen LogP contribution in [-0.4, -0.2) is 160 Å². The molecule has 0 saturated carbocycles. The van der Waals surface area contributed by atoms with E-state index in [2.05, 4.69) is 13.8 Å². The molecule has 7 fully saturated rings. The lowest BCUT2D eigenvalue weighted by Gasteiger charge is -2.53. The molecule has 7 rings (SSSR count). The van der Waals surface area contributed by atoms with E-state index in [4.69, 9.17) is 47.7 Å². The van der Waals surface area contributed by atoms with Crippen LogP contribution in [0.3, 0.4) is 0 Å². The monoisotopic (exact) mass is 981 g/mol. The van der Waals surface area contributed by atoms with Crippen molar-refractivity contribution < 1.29 is 82.9 Å². The molecule has 0 unspecified atom stereocenters. The number of aliphatic carboxylic acids is 1. The number of carboxylic acid groups (broad SMARTS) is 1. The number of aliphatic hydroxyl groups is 5. The number of methoxy groups -OCH3 is 2. The maximum absolute atomic E-state index is 13.9. The van der Waals surface area contributed by atoms with Gasteiger partial charge < -0.3 is 73.3 Å². The average molecular weight is 981 g/mol. The minimum absolute atomic E-state index is 0.000201. The van der Waals surface area contributed by atoms with Crippen molar-refractivity contribution >= 4 is 11.9 Å². The third-order valence-electron chi connectivity index (χ3n) is 16.4. The van der Waals surface area contributed by atoms with Crippen molar-refractivity contribution in [2.75, 3.05) is 14.2 Å². The Hall–Kier alpha value is -2.10. The lowest BCUT2D eigenvalue weighted by molar-refractivity contribution is -0.414. The fourth-order valence-corrected chi connectivity index (χ4v) is 12.2. The van der Waals surface area contributed by atoms with Crippen molar-refractivity contribution in [2.24, 2.45) is 17.8 Å². The predicted octanol–water partition coefficient (Wildman–Crippen LogP) is 5.53. The highest BCUT2D eigenvalue weighted by Crippen LogP contribution is 2.53.